The van der Waals surface area contributed by atoms with E-state index in [4.69, 9.17) is 10.5 Å². The molecular weight excluding hydrogens is 264 g/mol. The van der Waals surface area contributed by atoms with Gasteiger partial charge in [-0.25, -0.2) is 0 Å². The molecule has 2 aromatic carbocycles. The Morgan fingerprint density at radius 3 is 2.33 bits per heavy atom. The number of benzene rings is 2. The molecule has 2 rings (SSSR count). The molecule has 0 unspecified atom stereocenters. The van der Waals surface area contributed by atoms with Gasteiger partial charge < -0.3 is 15.4 Å². The van der Waals surface area contributed by atoms with Crippen LogP contribution < -0.4 is 10.5 Å². The van der Waals surface area contributed by atoms with Gasteiger partial charge in [0.25, 0.3) is 5.91 Å². The van der Waals surface area contributed by atoms with Crippen molar-refractivity contribution in [2.24, 2.45) is 5.73 Å². The maximum absolute atomic E-state index is 12.1. The average molecular weight is 284 g/mol. The van der Waals surface area contributed by atoms with Crippen molar-refractivity contribution >= 4 is 5.91 Å². The highest BCUT2D eigenvalue weighted by Crippen LogP contribution is 2.11. The van der Waals surface area contributed by atoms with Crippen molar-refractivity contribution in [3.63, 3.8) is 0 Å². The summed E-state index contributed by atoms with van der Waals surface area (Å²) in [5.74, 6) is 0.632. The molecule has 0 saturated heterocycles. The number of hydrogen-bond acceptors (Lipinski definition) is 3. The summed E-state index contributed by atoms with van der Waals surface area (Å²) in [5, 5.41) is 0. The van der Waals surface area contributed by atoms with Gasteiger partial charge in [0.15, 0.2) is 6.61 Å². The quantitative estimate of drug-likeness (QED) is 0.884. The number of nitrogens with two attached hydrogens (primary N) is 1. The van der Waals surface area contributed by atoms with E-state index in [0.717, 1.165) is 11.1 Å². The summed E-state index contributed by atoms with van der Waals surface area (Å²) in [6.07, 6.45) is 0. The van der Waals surface area contributed by atoms with Gasteiger partial charge in [-0.2, -0.15) is 0 Å². The van der Waals surface area contributed by atoms with Crippen molar-refractivity contribution in [2.75, 3.05) is 13.7 Å². The van der Waals surface area contributed by atoms with Crippen LogP contribution in [-0.2, 0) is 17.9 Å². The Kier molecular flexibility index (Phi) is 5.35. The van der Waals surface area contributed by atoms with Gasteiger partial charge in [0, 0.05) is 20.1 Å². The minimum atomic E-state index is -0.0642. The number of para-hydroxylation sites is 1. The van der Waals surface area contributed by atoms with Crippen LogP contribution in [0.2, 0.25) is 0 Å². The smallest absolute Gasteiger partial charge is 0.260 e. The van der Waals surface area contributed by atoms with Crippen molar-refractivity contribution in [1.82, 2.24) is 4.90 Å². The third-order valence-corrected chi connectivity index (χ3v) is 3.28. The number of carbonyl (C=O) groups is 1. The largest absolute Gasteiger partial charge is 0.484 e. The highest BCUT2D eigenvalue weighted by Gasteiger charge is 2.11. The lowest BCUT2D eigenvalue weighted by molar-refractivity contribution is -0.132. The van der Waals surface area contributed by atoms with Gasteiger partial charge >= 0.3 is 0 Å². The highest BCUT2D eigenvalue weighted by atomic mass is 16.5. The zero-order chi connectivity index (χ0) is 15.1. The van der Waals surface area contributed by atoms with Crippen LogP contribution in [-0.4, -0.2) is 24.5 Å². The molecule has 0 fully saturated rings. The first-order valence-electron chi connectivity index (χ1n) is 6.89. The van der Waals surface area contributed by atoms with Gasteiger partial charge in [0.05, 0.1) is 0 Å². The summed E-state index contributed by atoms with van der Waals surface area (Å²) in [6.45, 7) is 1.04. The van der Waals surface area contributed by atoms with Crippen LogP contribution in [0.4, 0.5) is 0 Å². The van der Waals surface area contributed by atoms with E-state index in [1.165, 1.54) is 0 Å². The summed E-state index contributed by atoms with van der Waals surface area (Å²) in [4.78, 5) is 13.7. The van der Waals surface area contributed by atoms with Crippen molar-refractivity contribution < 1.29 is 9.53 Å². The number of ether oxygens (including phenoxy) is 1. The van der Waals surface area contributed by atoms with Crippen LogP contribution in [0.1, 0.15) is 11.1 Å². The molecular formula is C17H20N2O2. The van der Waals surface area contributed by atoms with E-state index in [0.29, 0.717) is 18.8 Å². The zero-order valence-corrected chi connectivity index (χ0v) is 12.2. The molecule has 0 saturated carbocycles. The Hall–Kier alpha value is -2.33. The molecule has 0 atom stereocenters. The van der Waals surface area contributed by atoms with Gasteiger partial charge in [-0.05, 0) is 23.3 Å². The third kappa shape index (κ3) is 4.33. The zero-order valence-electron chi connectivity index (χ0n) is 12.2. The van der Waals surface area contributed by atoms with Crippen molar-refractivity contribution in [3.8, 4) is 5.75 Å². The number of carbonyl (C=O) groups excluding carboxylic acids is 1. The van der Waals surface area contributed by atoms with Crippen LogP contribution in [0.25, 0.3) is 0 Å². The van der Waals surface area contributed by atoms with Crippen LogP contribution in [0.15, 0.2) is 54.6 Å². The summed E-state index contributed by atoms with van der Waals surface area (Å²) in [6, 6.07) is 17.2. The predicted octanol–water partition coefficient (Wildman–Crippen LogP) is 2.18. The van der Waals surface area contributed by atoms with Gasteiger partial charge in [-0.15, -0.1) is 0 Å². The lowest BCUT2D eigenvalue weighted by Gasteiger charge is -2.19. The van der Waals surface area contributed by atoms with Crippen molar-refractivity contribution in [3.05, 3.63) is 65.7 Å². The number of rotatable bonds is 6. The molecule has 4 heteroatoms. The summed E-state index contributed by atoms with van der Waals surface area (Å²) >= 11 is 0. The molecule has 0 aliphatic carbocycles. The van der Waals surface area contributed by atoms with Crippen LogP contribution in [0.5, 0.6) is 5.75 Å². The van der Waals surface area contributed by atoms with Crippen LogP contribution in [0, 0.1) is 0 Å². The average Bonchev–Trinajstić information content (AvgIpc) is 2.54. The molecule has 1 amide bonds. The first kappa shape index (κ1) is 15.1. The van der Waals surface area contributed by atoms with Crippen molar-refractivity contribution in [1.29, 1.82) is 0 Å². The topological polar surface area (TPSA) is 55.6 Å². The van der Waals surface area contributed by atoms with E-state index in [1.807, 2.05) is 54.6 Å². The lowest BCUT2D eigenvalue weighted by Crippen LogP contribution is -2.31. The molecule has 21 heavy (non-hydrogen) atoms. The Morgan fingerprint density at radius 2 is 1.67 bits per heavy atom. The second kappa shape index (κ2) is 7.45. The molecule has 0 aliphatic heterocycles. The van der Waals surface area contributed by atoms with E-state index >= 15 is 0 Å². The summed E-state index contributed by atoms with van der Waals surface area (Å²) in [7, 11) is 1.77. The molecule has 2 N–H and O–H groups in total. The standard InChI is InChI=1S/C17H20N2O2/c1-19(12-15-8-6-5-7-14(15)11-18)17(20)13-21-16-9-3-2-4-10-16/h2-10H,11-13,18H2,1H3. The molecule has 110 valence electrons. The fourth-order valence-electron chi connectivity index (χ4n) is 2.03. The molecule has 2 aromatic rings. The van der Waals surface area contributed by atoms with E-state index in [-0.39, 0.29) is 12.5 Å². The molecule has 0 spiro atoms. The first-order valence-corrected chi connectivity index (χ1v) is 6.89. The highest BCUT2D eigenvalue weighted by molar-refractivity contribution is 5.77. The Labute approximate surface area is 125 Å². The maximum Gasteiger partial charge on any atom is 0.260 e. The van der Waals surface area contributed by atoms with Gasteiger partial charge in [-0.3, -0.25) is 4.79 Å². The van der Waals surface area contributed by atoms with Crippen molar-refractivity contribution in [2.45, 2.75) is 13.1 Å². The second-order valence-corrected chi connectivity index (χ2v) is 4.82. The fraction of sp³-hybridized carbons (Fsp3) is 0.235. The minimum absolute atomic E-state index is 0.0330. The van der Waals surface area contributed by atoms with Crippen LogP contribution >= 0.6 is 0 Å². The number of nitrogens with zero attached hydrogens (tertiary/aromatic N) is 1. The van der Waals surface area contributed by atoms with Gasteiger partial charge in [-0.1, -0.05) is 42.5 Å². The Morgan fingerprint density at radius 1 is 1.05 bits per heavy atom. The molecule has 0 heterocycles. The first-order chi connectivity index (χ1) is 10.2. The Bertz CT molecular complexity index is 584. The lowest BCUT2D eigenvalue weighted by atomic mass is 10.1. The monoisotopic (exact) mass is 284 g/mol. The minimum Gasteiger partial charge on any atom is -0.484 e. The molecule has 0 aromatic heterocycles. The third-order valence-electron chi connectivity index (χ3n) is 3.28. The van der Waals surface area contributed by atoms with Crippen LogP contribution in [0.3, 0.4) is 0 Å². The summed E-state index contributed by atoms with van der Waals surface area (Å²) in [5.41, 5.74) is 7.83. The number of hydrogen-bond donors (Lipinski definition) is 1. The van der Waals surface area contributed by atoms with E-state index < -0.39 is 0 Å². The fourth-order valence-corrected chi connectivity index (χ4v) is 2.03. The van der Waals surface area contributed by atoms with E-state index in [1.54, 1.807) is 11.9 Å². The number of amides is 1. The normalized spacial score (nSPS) is 10.2. The SMILES string of the molecule is CN(Cc1ccccc1CN)C(=O)COc1ccccc1. The molecule has 0 radical (unpaired) electrons. The van der Waals surface area contributed by atoms with Gasteiger partial charge in [0.2, 0.25) is 0 Å². The Balaban J connectivity index is 1.90. The summed E-state index contributed by atoms with van der Waals surface area (Å²) < 4.78 is 5.47. The second-order valence-electron chi connectivity index (χ2n) is 4.82. The van der Waals surface area contributed by atoms with E-state index in [2.05, 4.69) is 0 Å². The number of likely N-dealkylation sites (N-methyl/N-ethyl adjacent to an activating group) is 1. The molecule has 4 nitrogen and oxygen atoms in total. The molecule has 0 aliphatic rings. The van der Waals surface area contributed by atoms with Gasteiger partial charge in [0.1, 0.15) is 5.75 Å². The molecule has 0 bridgehead atoms. The van der Waals surface area contributed by atoms with E-state index in [9.17, 15) is 4.79 Å². The predicted molar refractivity (Wildman–Crippen MR) is 82.7 cm³/mol. The maximum atomic E-state index is 12.1.